The number of hydrogen-bond donors (Lipinski definition) is 0. The third-order valence-electron chi connectivity index (χ3n) is 2.67. The summed E-state index contributed by atoms with van der Waals surface area (Å²) in [6, 6.07) is 0.925. The number of nitrogens with zero attached hydrogens (tertiary/aromatic N) is 2. The van der Waals surface area contributed by atoms with Crippen LogP contribution >= 0.6 is 15.9 Å². The van der Waals surface area contributed by atoms with Gasteiger partial charge in [-0.15, -0.1) is 0 Å². The number of hydrogen-bond acceptors (Lipinski definition) is 3. The van der Waals surface area contributed by atoms with Crippen LogP contribution < -0.4 is 0 Å². The lowest BCUT2D eigenvalue weighted by Gasteiger charge is -2.11. The Hall–Kier alpha value is -0.980. The van der Waals surface area contributed by atoms with Crippen LogP contribution in [0.15, 0.2) is 10.8 Å². The van der Waals surface area contributed by atoms with E-state index >= 15 is 0 Å². The number of Topliss-reactive ketones (excluding diaryl/α,β-unsaturated/α-hetero) is 1. The topological polar surface area (TPSA) is 42.9 Å². The third kappa shape index (κ3) is 2.83. The lowest BCUT2D eigenvalue weighted by atomic mass is 10.0. The number of carbonyl (C=O) groups excluding carboxylic acids is 1. The highest BCUT2D eigenvalue weighted by atomic mass is 79.9. The molecule has 1 aliphatic rings. The fraction of sp³-hybridized carbons (Fsp3) is 0.500. The van der Waals surface area contributed by atoms with E-state index in [-0.39, 0.29) is 28.5 Å². The first-order valence-electron chi connectivity index (χ1n) is 4.99. The van der Waals surface area contributed by atoms with E-state index in [9.17, 15) is 18.0 Å². The van der Waals surface area contributed by atoms with Gasteiger partial charge in [-0.1, -0.05) is 0 Å². The molecule has 3 nitrogen and oxygen atoms in total. The summed E-state index contributed by atoms with van der Waals surface area (Å²) in [5, 5.41) is 0. The Morgan fingerprint density at radius 2 is 2.06 bits per heavy atom. The van der Waals surface area contributed by atoms with Gasteiger partial charge in [-0.2, -0.15) is 13.2 Å². The van der Waals surface area contributed by atoms with Crippen LogP contribution in [0.4, 0.5) is 13.2 Å². The summed E-state index contributed by atoms with van der Waals surface area (Å²) in [7, 11) is 0. The van der Waals surface area contributed by atoms with E-state index in [1.807, 2.05) is 0 Å². The van der Waals surface area contributed by atoms with Crippen LogP contribution in [0, 0.1) is 0 Å². The van der Waals surface area contributed by atoms with Crippen LogP contribution in [0.3, 0.4) is 0 Å². The largest absolute Gasteiger partial charge is 0.433 e. The number of carbonyl (C=O) groups is 1. The van der Waals surface area contributed by atoms with Crippen LogP contribution in [0.5, 0.6) is 0 Å². The number of ketones is 1. The van der Waals surface area contributed by atoms with Crippen molar-refractivity contribution >= 4 is 21.7 Å². The molecule has 7 heteroatoms. The molecule has 0 aromatic carbocycles. The van der Waals surface area contributed by atoms with E-state index < -0.39 is 11.9 Å². The Morgan fingerprint density at radius 3 is 2.59 bits per heavy atom. The summed E-state index contributed by atoms with van der Waals surface area (Å²) in [6.45, 7) is 0. The third-order valence-corrected chi connectivity index (χ3v) is 3.03. The number of alkyl halides is 3. The fourth-order valence-electron chi connectivity index (χ4n) is 1.86. The van der Waals surface area contributed by atoms with Crippen molar-refractivity contribution in [1.29, 1.82) is 0 Å². The lowest BCUT2D eigenvalue weighted by molar-refractivity contribution is -0.141. The van der Waals surface area contributed by atoms with Gasteiger partial charge >= 0.3 is 6.18 Å². The molecular formula is C10H8BrF3N2O. The van der Waals surface area contributed by atoms with Gasteiger partial charge in [0.05, 0.1) is 0 Å². The molecule has 0 aliphatic heterocycles. The molecule has 17 heavy (non-hydrogen) atoms. The highest BCUT2D eigenvalue weighted by Crippen LogP contribution is 2.35. The summed E-state index contributed by atoms with van der Waals surface area (Å²) < 4.78 is 37.5. The van der Waals surface area contributed by atoms with E-state index in [2.05, 4.69) is 25.9 Å². The first-order valence-corrected chi connectivity index (χ1v) is 5.79. The van der Waals surface area contributed by atoms with E-state index in [0.717, 1.165) is 6.07 Å². The first kappa shape index (κ1) is 12.5. The van der Waals surface area contributed by atoms with Crippen molar-refractivity contribution in [3.8, 4) is 0 Å². The number of aromatic nitrogens is 2. The molecule has 1 aromatic rings. The van der Waals surface area contributed by atoms with Crippen molar-refractivity contribution in [2.24, 2.45) is 0 Å². The highest BCUT2D eigenvalue weighted by molar-refractivity contribution is 9.10. The molecule has 1 atom stereocenters. The highest BCUT2D eigenvalue weighted by Gasteiger charge is 2.35. The maximum atomic E-state index is 12.5. The lowest BCUT2D eigenvalue weighted by Crippen LogP contribution is -2.11. The van der Waals surface area contributed by atoms with Crippen molar-refractivity contribution in [3.05, 3.63) is 22.2 Å². The van der Waals surface area contributed by atoms with Crippen molar-refractivity contribution in [2.75, 3.05) is 0 Å². The summed E-state index contributed by atoms with van der Waals surface area (Å²) in [6.07, 6.45) is -3.27. The smallest absolute Gasteiger partial charge is 0.300 e. The van der Waals surface area contributed by atoms with Gasteiger partial charge in [-0.05, 0) is 28.4 Å². The van der Waals surface area contributed by atoms with Crippen LogP contribution in [0.1, 0.15) is 36.6 Å². The average molecular weight is 309 g/mol. The molecule has 1 fully saturated rings. The van der Waals surface area contributed by atoms with Crippen LogP contribution in [0.25, 0.3) is 0 Å². The predicted molar refractivity (Wildman–Crippen MR) is 56.3 cm³/mol. The minimum atomic E-state index is -4.50. The second-order valence-electron chi connectivity index (χ2n) is 3.92. The standard InChI is InChI=1S/C10H8BrF3N2O/c11-9-15-7(5-1-2-6(17)3-5)4-8(16-9)10(12,13)14/h4-5H,1-3H2. The van der Waals surface area contributed by atoms with Gasteiger partial charge in [0.1, 0.15) is 11.5 Å². The van der Waals surface area contributed by atoms with Crippen molar-refractivity contribution in [2.45, 2.75) is 31.4 Å². The SMILES string of the molecule is O=C1CCC(c2cc(C(F)(F)F)nc(Br)n2)C1. The molecule has 0 bridgehead atoms. The zero-order valence-electron chi connectivity index (χ0n) is 8.59. The van der Waals surface area contributed by atoms with Crippen molar-refractivity contribution in [3.63, 3.8) is 0 Å². The quantitative estimate of drug-likeness (QED) is 0.749. The molecule has 0 N–H and O–H groups in total. The Balaban J connectivity index is 2.35. The zero-order valence-corrected chi connectivity index (χ0v) is 10.2. The Bertz CT molecular complexity index is 461. The van der Waals surface area contributed by atoms with Crippen molar-refractivity contribution < 1.29 is 18.0 Å². The number of rotatable bonds is 1. The molecule has 92 valence electrons. The summed E-state index contributed by atoms with van der Waals surface area (Å²) in [5.74, 6) is -0.152. The van der Waals surface area contributed by atoms with Gasteiger partial charge in [-0.3, -0.25) is 4.79 Å². The summed E-state index contributed by atoms with van der Waals surface area (Å²) in [4.78, 5) is 18.3. The summed E-state index contributed by atoms with van der Waals surface area (Å²) in [5.41, 5.74) is -0.696. The molecule has 1 aliphatic carbocycles. The molecular weight excluding hydrogens is 301 g/mol. The van der Waals surface area contributed by atoms with Gasteiger partial charge in [0.2, 0.25) is 0 Å². The second-order valence-corrected chi connectivity index (χ2v) is 4.63. The van der Waals surface area contributed by atoms with Gasteiger partial charge < -0.3 is 0 Å². The van der Waals surface area contributed by atoms with Gasteiger partial charge in [0.15, 0.2) is 4.73 Å². The van der Waals surface area contributed by atoms with E-state index in [1.54, 1.807) is 0 Å². The molecule has 2 rings (SSSR count). The Kier molecular flexibility index (Phi) is 3.20. The van der Waals surface area contributed by atoms with Crippen LogP contribution in [-0.4, -0.2) is 15.8 Å². The van der Waals surface area contributed by atoms with E-state index in [1.165, 1.54) is 0 Å². The van der Waals surface area contributed by atoms with Crippen LogP contribution in [-0.2, 0) is 11.0 Å². The predicted octanol–water partition coefficient (Wildman–Crippen LogP) is 3.09. The fourth-order valence-corrected chi connectivity index (χ4v) is 2.25. The molecule has 0 radical (unpaired) electrons. The molecule has 1 saturated carbocycles. The Morgan fingerprint density at radius 1 is 1.35 bits per heavy atom. The van der Waals surface area contributed by atoms with E-state index in [4.69, 9.17) is 0 Å². The van der Waals surface area contributed by atoms with Crippen molar-refractivity contribution in [1.82, 2.24) is 9.97 Å². The maximum absolute atomic E-state index is 12.5. The van der Waals surface area contributed by atoms with Gasteiger partial charge in [0, 0.05) is 24.5 Å². The number of halogens is 4. The minimum absolute atomic E-state index is 0.0679. The molecule has 1 heterocycles. The van der Waals surface area contributed by atoms with E-state index in [0.29, 0.717) is 12.8 Å². The molecule has 1 unspecified atom stereocenters. The average Bonchev–Trinajstić information content (AvgIpc) is 2.62. The van der Waals surface area contributed by atoms with Gasteiger partial charge in [0.25, 0.3) is 0 Å². The molecule has 0 amide bonds. The molecule has 1 aromatic heterocycles. The monoisotopic (exact) mass is 308 g/mol. The first-order chi connectivity index (χ1) is 7.86. The zero-order chi connectivity index (χ0) is 12.6. The summed E-state index contributed by atoms with van der Waals surface area (Å²) >= 11 is 2.86. The maximum Gasteiger partial charge on any atom is 0.433 e. The molecule has 0 saturated heterocycles. The van der Waals surface area contributed by atoms with Crippen LogP contribution in [0.2, 0.25) is 0 Å². The minimum Gasteiger partial charge on any atom is -0.300 e. The van der Waals surface area contributed by atoms with Gasteiger partial charge in [-0.25, -0.2) is 9.97 Å². The molecule has 0 spiro atoms. The second kappa shape index (κ2) is 4.36. The normalized spacial score (nSPS) is 20.9. The Labute approximate surface area is 104 Å².